The molecular weight excluding hydrogens is 746 g/mol. The highest BCUT2D eigenvalue weighted by molar-refractivity contribution is 6.32. The second-order valence-electron chi connectivity index (χ2n) is 15.1. The van der Waals surface area contributed by atoms with Gasteiger partial charge < -0.3 is 15.2 Å². The van der Waals surface area contributed by atoms with Crippen molar-refractivity contribution in [2.45, 2.75) is 30.5 Å². The molecule has 1 aliphatic heterocycles. The van der Waals surface area contributed by atoms with Crippen molar-refractivity contribution in [1.82, 2.24) is 0 Å². The molecule has 1 heterocycles. The number of carbonyl (C=O) groups excluding carboxylic acids is 4. The first-order valence-corrected chi connectivity index (χ1v) is 19.0. The topological polar surface area (TPSA) is 113 Å². The van der Waals surface area contributed by atoms with Crippen LogP contribution in [0, 0.1) is 23.7 Å². The van der Waals surface area contributed by atoms with E-state index in [1.165, 1.54) is 11.0 Å². The largest absolute Gasteiger partial charge is 0.573 e. The number of para-hydroxylation sites is 1. The number of fused-ring (bicyclic) bond motifs is 4. The van der Waals surface area contributed by atoms with Crippen LogP contribution in [0.25, 0.3) is 5.57 Å². The number of benzene rings is 5. The van der Waals surface area contributed by atoms with Gasteiger partial charge in [0.1, 0.15) is 11.5 Å². The number of nitrogens with one attached hydrogen (secondary N) is 1. The molecule has 1 saturated carbocycles. The molecular formula is C47H35F3N2O6. The zero-order chi connectivity index (χ0) is 40.3. The molecule has 1 saturated heterocycles. The molecule has 58 heavy (non-hydrogen) atoms. The number of rotatable bonds is 7. The van der Waals surface area contributed by atoms with Gasteiger partial charge in [0.05, 0.1) is 22.9 Å². The zero-order valence-electron chi connectivity index (χ0n) is 30.7. The molecule has 2 N–H and O–H groups in total. The number of nitrogens with zero attached hydrogens (tertiary/aromatic N) is 1. The maximum Gasteiger partial charge on any atom is 0.573 e. The molecule has 0 spiro atoms. The van der Waals surface area contributed by atoms with Gasteiger partial charge in [-0.2, -0.15) is 0 Å². The number of alkyl halides is 3. The first-order chi connectivity index (χ1) is 28.0. The number of ether oxygens (including phenoxy) is 1. The maximum atomic E-state index is 15.2. The Bertz CT molecular complexity index is 2520. The van der Waals surface area contributed by atoms with Gasteiger partial charge in [-0.25, -0.2) is 0 Å². The fourth-order valence-corrected chi connectivity index (χ4v) is 9.82. The molecule has 8 nitrogen and oxygen atoms in total. The van der Waals surface area contributed by atoms with E-state index in [1.807, 2.05) is 30.3 Å². The summed E-state index contributed by atoms with van der Waals surface area (Å²) < 4.78 is 45.3. The number of allylic oxidation sites excluding steroid dienone is 4. The van der Waals surface area contributed by atoms with Crippen molar-refractivity contribution in [3.05, 3.63) is 168 Å². The molecule has 6 atom stereocenters. The molecule has 3 aliphatic carbocycles. The number of Topliss-reactive ketones (excluding diaryl/α,β-unsaturated/α-hetero) is 1. The predicted octanol–water partition coefficient (Wildman–Crippen LogP) is 9.06. The number of aromatic hydroxyl groups is 1. The third kappa shape index (κ3) is 6.00. The average Bonchev–Trinajstić information content (AvgIpc) is 3.48. The lowest BCUT2D eigenvalue weighted by atomic mass is 9.44. The number of amides is 2. The number of halogens is 3. The molecule has 0 bridgehead atoms. The van der Waals surface area contributed by atoms with Gasteiger partial charge in [0, 0.05) is 34.3 Å². The zero-order valence-corrected chi connectivity index (χ0v) is 30.7. The Kier molecular flexibility index (Phi) is 8.91. The Morgan fingerprint density at radius 2 is 1.38 bits per heavy atom. The monoisotopic (exact) mass is 780 g/mol. The lowest BCUT2D eigenvalue weighted by Gasteiger charge is -2.55. The predicted molar refractivity (Wildman–Crippen MR) is 210 cm³/mol. The summed E-state index contributed by atoms with van der Waals surface area (Å²) in [5.41, 5.74) is 1.72. The number of carbonyl (C=O) groups is 4. The minimum Gasteiger partial charge on any atom is -0.508 e. The van der Waals surface area contributed by atoms with Crippen LogP contribution in [0.15, 0.2) is 151 Å². The quantitative estimate of drug-likeness (QED) is 0.125. The van der Waals surface area contributed by atoms with Crippen molar-refractivity contribution >= 4 is 46.0 Å². The third-order valence-electron chi connectivity index (χ3n) is 12.1. The Morgan fingerprint density at radius 1 is 0.741 bits per heavy atom. The number of hydrogen-bond acceptors (Lipinski definition) is 7. The van der Waals surface area contributed by atoms with Crippen molar-refractivity contribution in [2.75, 3.05) is 10.2 Å². The Hall–Kier alpha value is -6.75. The van der Waals surface area contributed by atoms with Crippen molar-refractivity contribution in [3.8, 4) is 11.5 Å². The smallest absolute Gasteiger partial charge is 0.508 e. The van der Waals surface area contributed by atoms with Crippen LogP contribution in [0.1, 0.15) is 35.4 Å². The molecule has 4 aliphatic rings. The van der Waals surface area contributed by atoms with E-state index in [-0.39, 0.29) is 24.0 Å². The highest BCUT2D eigenvalue weighted by Gasteiger charge is 2.66. The van der Waals surface area contributed by atoms with E-state index in [2.05, 4.69) is 10.1 Å². The van der Waals surface area contributed by atoms with Crippen LogP contribution >= 0.6 is 0 Å². The van der Waals surface area contributed by atoms with Crippen LogP contribution in [0.2, 0.25) is 0 Å². The van der Waals surface area contributed by atoms with E-state index in [0.717, 1.165) is 29.6 Å². The number of ketones is 2. The molecule has 0 radical (unpaired) electrons. The molecule has 5 aromatic carbocycles. The van der Waals surface area contributed by atoms with E-state index < -0.39 is 76.2 Å². The number of imide groups is 1. The van der Waals surface area contributed by atoms with Crippen molar-refractivity contribution in [3.63, 3.8) is 0 Å². The number of phenols is 1. The Morgan fingerprint density at radius 3 is 2.05 bits per heavy atom. The summed E-state index contributed by atoms with van der Waals surface area (Å²) in [6.07, 6.45) is -1.91. The van der Waals surface area contributed by atoms with Gasteiger partial charge in [-0.1, -0.05) is 90.5 Å². The molecule has 0 aromatic heterocycles. The molecule has 6 unspecified atom stereocenters. The fourth-order valence-electron chi connectivity index (χ4n) is 9.82. The molecule has 9 rings (SSSR count). The summed E-state index contributed by atoms with van der Waals surface area (Å²) in [5, 5.41) is 14.9. The summed E-state index contributed by atoms with van der Waals surface area (Å²) in [6.45, 7) is 0. The molecule has 5 aromatic rings. The summed E-state index contributed by atoms with van der Waals surface area (Å²) in [4.78, 5) is 60.5. The van der Waals surface area contributed by atoms with E-state index in [9.17, 15) is 27.9 Å². The summed E-state index contributed by atoms with van der Waals surface area (Å²) >= 11 is 0. The van der Waals surface area contributed by atoms with Gasteiger partial charge in [0.25, 0.3) is 0 Å². The van der Waals surface area contributed by atoms with Gasteiger partial charge in [-0.15, -0.1) is 13.2 Å². The molecule has 2 amide bonds. The van der Waals surface area contributed by atoms with Gasteiger partial charge in [-0.05, 0) is 90.6 Å². The van der Waals surface area contributed by atoms with Crippen molar-refractivity contribution in [1.29, 1.82) is 0 Å². The number of phenolic OH excluding ortho intramolecular Hbond substituents is 1. The molecule has 290 valence electrons. The molecule has 11 heteroatoms. The van der Waals surface area contributed by atoms with Crippen LogP contribution in [0.5, 0.6) is 11.5 Å². The lowest BCUT2D eigenvalue weighted by molar-refractivity contribution is -0.274. The van der Waals surface area contributed by atoms with Crippen LogP contribution < -0.4 is 15.0 Å². The Balaban J connectivity index is 1.20. The van der Waals surface area contributed by atoms with E-state index in [4.69, 9.17) is 0 Å². The molecule has 2 fully saturated rings. The standard InChI is InChI=1S/C47H35F3N2O6/c48-47(49,50)58-32-20-23-39(53)37(24-32)42-33-21-22-34-41(45(57)52(44(34)56)31-18-16-30(17-19-31)51-29-14-8-3-9-15-29)36(33)25-38-43(55)35(27-10-4-1-5-11-27)26-40(54)46(38,42)28-12-6-2-7-13-28/h1-21,23-24,26,34,36,38,41-42,51,53H,22,25H2. The maximum absolute atomic E-state index is 15.2. The normalized spacial score (nSPS) is 25.3. The Labute approximate surface area is 331 Å². The highest BCUT2D eigenvalue weighted by atomic mass is 19.4. The second kappa shape index (κ2) is 14.0. The summed E-state index contributed by atoms with van der Waals surface area (Å²) in [7, 11) is 0. The van der Waals surface area contributed by atoms with Gasteiger partial charge in [0.15, 0.2) is 11.6 Å². The van der Waals surface area contributed by atoms with Gasteiger partial charge in [-0.3, -0.25) is 24.1 Å². The average molecular weight is 781 g/mol. The second-order valence-corrected chi connectivity index (χ2v) is 15.1. The third-order valence-corrected chi connectivity index (χ3v) is 12.1. The number of anilines is 3. The fraction of sp³-hybridized carbons (Fsp3) is 0.191. The highest BCUT2D eigenvalue weighted by Crippen LogP contribution is 2.64. The SMILES string of the molecule is O=C1C(c2ccccc2)=CC(=O)C2(c3ccccc3)C1CC1C(=CCC3C(=O)N(c4ccc(Nc5ccccc5)cc4)C(=O)C31)C2c1cc(OC(F)(F)F)ccc1O. The van der Waals surface area contributed by atoms with Crippen LogP contribution in [-0.2, 0) is 24.6 Å². The lowest BCUT2D eigenvalue weighted by Crippen LogP contribution is -2.58. The van der Waals surface area contributed by atoms with Crippen molar-refractivity contribution in [2.24, 2.45) is 23.7 Å². The van der Waals surface area contributed by atoms with E-state index in [0.29, 0.717) is 22.4 Å². The minimum atomic E-state index is -5.07. The minimum absolute atomic E-state index is 0.0144. The van der Waals surface area contributed by atoms with Crippen molar-refractivity contribution < 1.29 is 42.2 Å². The summed E-state index contributed by atoms with van der Waals surface area (Å²) in [5.74, 6) is -7.77. The van der Waals surface area contributed by atoms with Crippen LogP contribution in [0.4, 0.5) is 30.2 Å². The first-order valence-electron chi connectivity index (χ1n) is 19.0. The van der Waals surface area contributed by atoms with E-state index >= 15 is 9.59 Å². The summed E-state index contributed by atoms with van der Waals surface area (Å²) in [6, 6.07) is 36.8. The first kappa shape index (κ1) is 36.9. The van der Waals surface area contributed by atoms with E-state index in [1.54, 1.807) is 91.0 Å². The van der Waals surface area contributed by atoms with Crippen LogP contribution in [0.3, 0.4) is 0 Å². The van der Waals surface area contributed by atoms with Crippen LogP contribution in [-0.4, -0.2) is 34.8 Å². The van der Waals surface area contributed by atoms with Gasteiger partial charge >= 0.3 is 6.36 Å². The van der Waals surface area contributed by atoms with Gasteiger partial charge in [0.2, 0.25) is 11.8 Å². The number of hydrogen-bond donors (Lipinski definition) is 2.